The van der Waals surface area contributed by atoms with Crippen LogP contribution in [0.2, 0.25) is 0 Å². The number of carbonyl (C=O) groups excluding carboxylic acids is 1. The number of nitrogens with one attached hydrogen (secondary N) is 1. The van der Waals surface area contributed by atoms with Crippen LogP contribution in [-0.4, -0.2) is 24.5 Å². The smallest absolute Gasteiger partial charge is 0.240 e. The largest absolute Gasteiger partial charge is 0.355 e. The maximum atomic E-state index is 11.9. The number of amides is 1. The van der Waals surface area contributed by atoms with E-state index in [9.17, 15) is 4.79 Å². The first-order valence-corrected chi connectivity index (χ1v) is 7.24. The summed E-state index contributed by atoms with van der Waals surface area (Å²) in [4.78, 5) is 11.9. The molecule has 0 heterocycles. The lowest BCUT2D eigenvalue weighted by Crippen LogP contribution is -2.39. The van der Waals surface area contributed by atoms with Gasteiger partial charge in [-0.2, -0.15) is 17.0 Å². The zero-order chi connectivity index (χ0) is 12.4. The summed E-state index contributed by atoms with van der Waals surface area (Å²) in [6.45, 7) is 4.46. The first-order valence-electron chi connectivity index (χ1n) is 5.85. The van der Waals surface area contributed by atoms with Crippen LogP contribution in [-0.2, 0) is 4.79 Å². The van der Waals surface area contributed by atoms with Crippen LogP contribution in [0, 0.1) is 16.7 Å². The molecule has 0 aromatic carbocycles. The Morgan fingerprint density at radius 1 is 1.38 bits per heavy atom. The van der Waals surface area contributed by atoms with E-state index >= 15 is 0 Å². The lowest BCUT2D eigenvalue weighted by Gasteiger charge is -2.22. The molecule has 0 aromatic heterocycles. The Morgan fingerprint density at radius 2 is 2.00 bits per heavy atom. The Kier molecular flexibility index (Phi) is 8.10. The van der Waals surface area contributed by atoms with E-state index in [2.05, 4.69) is 17.6 Å². The SMILES string of the molecule is CCC(C#N)(CC)C(=O)NCCCCSC. The average molecular weight is 242 g/mol. The molecule has 3 nitrogen and oxygen atoms in total. The van der Waals surface area contributed by atoms with Crippen molar-refractivity contribution >= 4 is 17.7 Å². The molecule has 0 aliphatic carbocycles. The topological polar surface area (TPSA) is 52.9 Å². The van der Waals surface area contributed by atoms with E-state index in [0.29, 0.717) is 19.4 Å². The number of carbonyl (C=O) groups is 1. The molecule has 0 rings (SSSR count). The van der Waals surface area contributed by atoms with Gasteiger partial charge in [-0.1, -0.05) is 13.8 Å². The van der Waals surface area contributed by atoms with Gasteiger partial charge in [-0.05, 0) is 37.7 Å². The summed E-state index contributed by atoms with van der Waals surface area (Å²) >= 11 is 1.81. The standard InChI is InChI=1S/C12H22N2OS/c1-4-12(5-2,10-13)11(15)14-8-6-7-9-16-3/h4-9H2,1-3H3,(H,14,15). The van der Waals surface area contributed by atoms with Crippen molar-refractivity contribution in [3.63, 3.8) is 0 Å². The highest BCUT2D eigenvalue weighted by atomic mass is 32.2. The molecule has 0 aromatic rings. The molecule has 0 radical (unpaired) electrons. The molecule has 0 bridgehead atoms. The molecular weight excluding hydrogens is 220 g/mol. The van der Waals surface area contributed by atoms with Crippen molar-refractivity contribution in [3.8, 4) is 6.07 Å². The van der Waals surface area contributed by atoms with Gasteiger partial charge in [0.25, 0.3) is 0 Å². The zero-order valence-electron chi connectivity index (χ0n) is 10.5. The van der Waals surface area contributed by atoms with E-state index in [1.807, 2.05) is 25.6 Å². The van der Waals surface area contributed by atoms with Crippen LogP contribution in [0.1, 0.15) is 39.5 Å². The summed E-state index contributed by atoms with van der Waals surface area (Å²) in [7, 11) is 0. The molecule has 16 heavy (non-hydrogen) atoms. The van der Waals surface area contributed by atoms with Crippen LogP contribution in [0.3, 0.4) is 0 Å². The van der Waals surface area contributed by atoms with Gasteiger partial charge in [-0.3, -0.25) is 4.79 Å². The number of hydrogen-bond donors (Lipinski definition) is 1. The highest BCUT2D eigenvalue weighted by Crippen LogP contribution is 2.25. The Labute approximate surface area is 103 Å². The minimum absolute atomic E-state index is 0.107. The summed E-state index contributed by atoms with van der Waals surface area (Å²) in [6.07, 6.45) is 5.33. The van der Waals surface area contributed by atoms with Crippen molar-refractivity contribution in [2.24, 2.45) is 5.41 Å². The number of thioether (sulfide) groups is 1. The van der Waals surface area contributed by atoms with Crippen molar-refractivity contribution in [2.75, 3.05) is 18.6 Å². The van der Waals surface area contributed by atoms with Gasteiger partial charge in [0.2, 0.25) is 5.91 Å². The molecule has 0 atom stereocenters. The third kappa shape index (κ3) is 4.44. The quantitative estimate of drug-likeness (QED) is 0.666. The van der Waals surface area contributed by atoms with Gasteiger partial charge < -0.3 is 5.32 Å². The van der Waals surface area contributed by atoms with E-state index in [0.717, 1.165) is 18.6 Å². The number of hydrogen-bond acceptors (Lipinski definition) is 3. The normalized spacial score (nSPS) is 10.9. The fourth-order valence-electron chi connectivity index (χ4n) is 1.52. The monoisotopic (exact) mass is 242 g/mol. The van der Waals surface area contributed by atoms with Crippen LogP contribution in [0.5, 0.6) is 0 Å². The number of nitriles is 1. The Morgan fingerprint density at radius 3 is 2.44 bits per heavy atom. The van der Waals surface area contributed by atoms with Gasteiger partial charge >= 0.3 is 0 Å². The molecule has 0 aliphatic heterocycles. The third-order valence-corrected chi connectivity index (χ3v) is 3.61. The maximum Gasteiger partial charge on any atom is 0.240 e. The lowest BCUT2D eigenvalue weighted by atomic mass is 9.83. The van der Waals surface area contributed by atoms with Crippen molar-refractivity contribution in [1.29, 1.82) is 5.26 Å². The molecule has 4 heteroatoms. The van der Waals surface area contributed by atoms with Crippen LogP contribution < -0.4 is 5.32 Å². The van der Waals surface area contributed by atoms with Crippen LogP contribution >= 0.6 is 11.8 Å². The summed E-state index contributed by atoms with van der Waals surface area (Å²) in [5.74, 6) is 1.02. The predicted molar refractivity (Wildman–Crippen MR) is 69.3 cm³/mol. The summed E-state index contributed by atoms with van der Waals surface area (Å²) in [5, 5.41) is 11.9. The fourth-order valence-corrected chi connectivity index (χ4v) is 2.02. The van der Waals surface area contributed by atoms with Crippen LogP contribution in [0.15, 0.2) is 0 Å². The molecule has 1 amide bonds. The highest BCUT2D eigenvalue weighted by molar-refractivity contribution is 7.98. The summed E-state index contributed by atoms with van der Waals surface area (Å²) < 4.78 is 0. The van der Waals surface area contributed by atoms with Crippen LogP contribution in [0.25, 0.3) is 0 Å². The zero-order valence-corrected chi connectivity index (χ0v) is 11.3. The van der Waals surface area contributed by atoms with Crippen molar-refractivity contribution < 1.29 is 4.79 Å². The van der Waals surface area contributed by atoms with Gasteiger partial charge in [0, 0.05) is 6.54 Å². The number of nitrogens with zero attached hydrogens (tertiary/aromatic N) is 1. The summed E-state index contributed by atoms with van der Waals surface area (Å²) in [6, 6.07) is 2.15. The van der Waals surface area contributed by atoms with E-state index in [1.165, 1.54) is 0 Å². The minimum atomic E-state index is -0.820. The van der Waals surface area contributed by atoms with Crippen molar-refractivity contribution in [3.05, 3.63) is 0 Å². The Balaban J connectivity index is 3.99. The second-order valence-corrected chi connectivity index (χ2v) is 4.84. The molecule has 0 unspecified atom stereocenters. The summed E-state index contributed by atoms with van der Waals surface area (Å²) in [5.41, 5.74) is -0.820. The second-order valence-electron chi connectivity index (χ2n) is 3.86. The Hall–Kier alpha value is -0.690. The molecule has 1 N–H and O–H groups in total. The van der Waals surface area contributed by atoms with Crippen molar-refractivity contribution in [1.82, 2.24) is 5.32 Å². The van der Waals surface area contributed by atoms with Gasteiger partial charge in [-0.15, -0.1) is 0 Å². The van der Waals surface area contributed by atoms with Crippen molar-refractivity contribution in [2.45, 2.75) is 39.5 Å². The van der Waals surface area contributed by atoms with E-state index < -0.39 is 5.41 Å². The molecule has 0 saturated heterocycles. The van der Waals surface area contributed by atoms with Gasteiger partial charge in [0.1, 0.15) is 5.41 Å². The van der Waals surface area contributed by atoms with E-state index in [4.69, 9.17) is 5.26 Å². The van der Waals surface area contributed by atoms with Crippen LogP contribution in [0.4, 0.5) is 0 Å². The number of rotatable bonds is 8. The van der Waals surface area contributed by atoms with Gasteiger partial charge in [0.15, 0.2) is 0 Å². The molecule has 0 aliphatic rings. The lowest BCUT2D eigenvalue weighted by molar-refractivity contribution is -0.128. The molecule has 0 saturated carbocycles. The minimum Gasteiger partial charge on any atom is -0.355 e. The molecule has 0 spiro atoms. The van der Waals surface area contributed by atoms with E-state index in [1.54, 1.807) is 0 Å². The first kappa shape index (κ1) is 15.3. The fraction of sp³-hybridized carbons (Fsp3) is 0.833. The van der Waals surface area contributed by atoms with Gasteiger partial charge in [-0.25, -0.2) is 0 Å². The molecular formula is C12H22N2OS. The molecule has 92 valence electrons. The average Bonchev–Trinajstić information content (AvgIpc) is 2.32. The highest BCUT2D eigenvalue weighted by Gasteiger charge is 2.34. The third-order valence-electron chi connectivity index (χ3n) is 2.92. The molecule has 0 fully saturated rings. The van der Waals surface area contributed by atoms with Gasteiger partial charge in [0.05, 0.1) is 6.07 Å². The van der Waals surface area contributed by atoms with E-state index in [-0.39, 0.29) is 5.91 Å². The number of unbranched alkanes of at least 4 members (excludes halogenated alkanes) is 1. The first-order chi connectivity index (χ1) is 7.66. The predicted octanol–water partition coefficient (Wildman–Crippen LogP) is 2.58. The second kappa shape index (κ2) is 8.46. The maximum absolute atomic E-state index is 11.9. The Bertz CT molecular complexity index is 244.